The number of nitrogens with zero attached hydrogens (tertiary/aromatic N) is 2. The van der Waals surface area contributed by atoms with Gasteiger partial charge in [-0.15, -0.1) is 0 Å². The number of nitrogens with one attached hydrogen (secondary N) is 1. The normalized spacial score (nSPS) is 11.1. The molecule has 1 aromatic heterocycles. The first-order chi connectivity index (χ1) is 7.99. The molecular formula is C13H17N3S. The van der Waals surface area contributed by atoms with Crippen molar-refractivity contribution in [2.45, 2.75) is 33.7 Å². The monoisotopic (exact) mass is 247 g/mol. The molecule has 17 heavy (non-hydrogen) atoms. The van der Waals surface area contributed by atoms with E-state index in [1.54, 1.807) is 0 Å². The maximum Gasteiger partial charge on any atom is 0.195 e. The van der Waals surface area contributed by atoms with Gasteiger partial charge in [0.05, 0.1) is 0 Å². The maximum absolute atomic E-state index is 5.26. The van der Waals surface area contributed by atoms with E-state index in [2.05, 4.69) is 56.1 Å². The third-order valence-corrected chi connectivity index (χ3v) is 2.99. The largest absolute Gasteiger partial charge is 0.298 e. The number of aromatic nitrogens is 3. The molecule has 4 heteroatoms. The second-order valence-corrected chi connectivity index (χ2v) is 5.08. The van der Waals surface area contributed by atoms with Crippen molar-refractivity contribution in [2.75, 3.05) is 0 Å². The molecular weight excluding hydrogens is 230 g/mol. The van der Waals surface area contributed by atoms with Crippen LogP contribution in [0, 0.1) is 18.6 Å². The summed E-state index contributed by atoms with van der Waals surface area (Å²) in [6.45, 7) is 8.41. The van der Waals surface area contributed by atoms with E-state index in [1.165, 1.54) is 11.1 Å². The van der Waals surface area contributed by atoms with Gasteiger partial charge in [-0.25, -0.2) is 0 Å². The molecule has 0 aliphatic heterocycles. The number of H-pyrrole nitrogens is 1. The summed E-state index contributed by atoms with van der Waals surface area (Å²) < 4.78 is 2.72. The molecule has 0 atom stereocenters. The van der Waals surface area contributed by atoms with Crippen LogP contribution in [0.5, 0.6) is 0 Å². The van der Waals surface area contributed by atoms with E-state index in [0.717, 1.165) is 11.4 Å². The maximum atomic E-state index is 5.26. The minimum atomic E-state index is 0.303. The van der Waals surface area contributed by atoms with E-state index in [0.29, 0.717) is 10.8 Å². The van der Waals surface area contributed by atoms with Gasteiger partial charge in [-0.05, 0) is 52.0 Å². The average molecular weight is 247 g/mol. The fourth-order valence-corrected chi connectivity index (χ4v) is 2.43. The average Bonchev–Trinajstić information content (AvgIpc) is 2.58. The summed E-state index contributed by atoms with van der Waals surface area (Å²) >= 11 is 5.26. The van der Waals surface area contributed by atoms with Crippen molar-refractivity contribution in [2.24, 2.45) is 0 Å². The lowest BCUT2D eigenvalue weighted by Crippen LogP contribution is -2.03. The Balaban J connectivity index is 2.64. The highest BCUT2D eigenvalue weighted by atomic mass is 32.1. The van der Waals surface area contributed by atoms with Gasteiger partial charge in [0.25, 0.3) is 0 Å². The van der Waals surface area contributed by atoms with Gasteiger partial charge in [0.2, 0.25) is 0 Å². The van der Waals surface area contributed by atoms with Gasteiger partial charge in [0.1, 0.15) is 0 Å². The quantitative estimate of drug-likeness (QED) is 0.819. The fraction of sp³-hybridized carbons (Fsp3) is 0.385. The summed E-state index contributed by atoms with van der Waals surface area (Å²) in [6, 6.07) is 6.73. The molecule has 1 heterocycles. The van der Waals surface area contributed by atoms with Crippen LogP contribution in [0.25, 0.3) is 11.4 Å². The molecule has 0 fully saturated rings. The molecule has 1 N–H and O–H groups in total. The van der Waals surface area contributed by atoms with Gasteiger partial charge in [0.15, 0.2) is 10.6 Å². The SMILES string of the molecule is Cc1cc(C)cc(-c2n[nH]c(=S)n2C(C)C)c1. The van der Waals surface area contributed by atoms with Crippen molar-refractivity contribution < 1.29 is 0 Å². The van der Waals surface area contributed by atoms with Crippen LogP contribution in [0.2, 0.25) is 0 Å². The van der Waals surface area contributed by atoms with Crippen LogP contribution in [0.15, 0.2) is 18.2 Å². The highest BCUT2D eigenvalue weighted by molar-refractivity contribution is 7.71. The molecule has 0 spiro atoms. The Morgan fingerprint density at radius 1 is 1.18 bits per heavy atom. The first kappa shape index (κ1) is 12.0. The lowest BCUT2D eigenvalue weighted by atomic mass is 10.1. The Morgan fingerprint density at radius 3 is 2.29 bits per heavy atom. The molecule has 90 valence electrons. The third kappa shape index (κ3) is 2.31. The van der Waals surface area contributed by atoms with E-state index in [1.807, 2.05) is 4.57 Å². The summed E-state index contributed by atoms with van der Waals surface area (Å²) in [6.07, 6.45) is 0. The van der Waals surface area contributed by atoms with Gasteiger partial charge in [0, 0.05) is 11.6 Å². The van der Waals surface area contributed by atoms with Crippen LogP contribution in [0.4, 0.5) is 0 Å². The molecule has 3 nitrogen and oxygen atoms in total. The van der Waals surface area contributed by atoms with Crippen LogP contribution in [0.3, 0.4) is 0 Å². The zero-order valence-electron chi connectivity index (χ0n) is 10.6. The molecule has 0 saturated heterocycles. The molecule has 2 aromatic rings. The number of hydrogen-bond acceptors (Lipinski definition) is 2. The molecule has 0 aliphatic rings. The van der Waals surface area contributed by atoms with Crippen molar-refractivity contribution >= 4 is 12.2 Å². The summed E-state index contributed by atoms with van der Waals surface area (Å²) in [5, 5.41) is 7.21. The van der Waals surface area contributed by atoms with Crippen molar-refractivity contribution in [3.05, 3.63) is 34.1 Å². The van der Waals surface area contributed by atoms with Crippen LogP contribution < -0.4 is 0 Å². The predicted molar refractivity (Wildman–Crippen MR) is 72.7 cm³/mol. The molecule has 0 aliphatic carbocycles. The minimum Gasteiger partial charge on any atom is -0.298 e. The first-order valence-corrected chi connectivity index (χ1v) is 6.15. The molecule has 0 radical (unpaired) electrons. The smallest absolute Gasteiger partial charge is 0.195 e. The zero-order valence-corrected chi connectivity index (χ0v) is 11.4. The number of hydrogen-bond donors (Lipinski definition) is 1. The topological polar surface area (TPSA) is 33.6 Å². The van der Waals surface area contributed by atoms with E-state index >= 15 is 0 Å². The highest BCUT2D eigenvalue weighted by Crippen LogP contribution is 2.23. The lowest BCUT2D eigenvalue weighted by molar-refractivity contribution is 0.597. The van der Waals surface area contributed by atoms with Gasteiger partial charge in [-0.3, -0.25) is 9.67 Å². The van der Waals surface area contributed by atoms with E-state index in [4.69, 9.17) is 12.2 Å². The summed E-state index contributed by atoms with van der Waals surface area (Å²) in [5.41, 5.74) is 3.59. The van der Waals surface area contributed by atoms with E-state index in [-0.39, 0.29) is 0 Å². The van der Waals surface area contributed by atoms with E-state index < -0.39 is 0 Å². The van der Waals surface area contributed by atoms with Crippen molar-refractivity contribution in [3.8, 4) is 11.4 Å². The number of aromatic amines is 1. The Morgan fingerprint density at radius 2 is 1.76 bits per heavy atom. The minimum absolute atomic E-state index is 0.303. The van der Waals surface area contributed by atoms with Gasteiger partial charge in [-0.1, -0.05) is 17.2 Å². The van der Waals surface area contributed by atoms with Crippen LogP contribution >= 0.6 is 12.2 Å². The van der Waals surface area contributed by atoms with Crippen LogP contribution in [-0.2, 0) is 0 Å². The molecule has 1 aromatic carbocycles. The summed E-state index contributed by atoms with van der Waals surface area (Å²) in [5.74, 6) is 0.914. The van der Waals surface area contributed by atoms with Crippen molar-refractivity contribution in [3.63, 3.8) is 0 Å². The molecule has 0 unspecified atom stereocenters. The molecule has 0 bridgehead atoms. The fourth-order valence-electron chi connectivity index (χ4n) is 2.09. The van der Waals surface area contributed by atoms with Crippen molar-refractivity contribution in [1.29, 1.82) is 0 Å². The number of rotatable bonds is 2. The Hall–Kier alpha value is -1.42. The summed E-state index contributed by atoms with van der Waals surface area (Å²) in [4.78, 5) is 0. The van der Waals surface area contributed by atoms with Crippen molar-refractivity contribution in [1.82, 2.24) is 14.8 Å². The predicted octanol–water partition coefficient (Wildman–Crippen LogP) is 3.81. The standard InChI is InChI=1S/C13H17N3S/c1-8(2)16-12(14-15-13(16)17)11-6-9(3)5-10(4)7-11/h5-8H,1-4H3,(H,15,17). The highest BCUT2D eigenvalue weighted by Gasteiger charge is 2.11. The second kappa shape index (κ2) is 4.45. The summed E-state index contributed by atoms with van der Waals surface area (Å²) in [7, 11) is 0. The van der Waals surface area contributed by atoms with Crippen LogP contribution in [0.1, 0.15) is 31.0 Å². The van der Waals surface area contributed by atoms with E-state index in [9.17, 15) is 0 Å². The van der Waals surface area contributed by atoms with Crippen LogP contribution in [-0.4, -0.2) is 14.8 Å². The molecule has 0 saturated carbocycles. The van der Waals surface area contributed by atoms with Gasteiger partial charge < -0.3 is 0 Å². The molecule has 2 rings (SSSR count). The number of benzene rings is 1. The third-order valence-electron chi connectivity index (χ3n) is 2.70. The van der Waals surface area contributed by atoms with Gasteiger partial charge >= 0.3 is 0 Å². The number of aryl methyl sites for hydroxylation is 2. The lowest BCUT2D eigenvalue weighted by Gasteiger charge is -2.11. The first-order valence-electron chi connectivity index (χ1n) is 5.74. The second-order valence-electron chi connectivity index (χ2n) is 4.69. The Bertz CT molecular complexity index is 573. The zero-order chi connectivity index (χ0) is 12.6. The molecule has 0 amide bonds. The Kier molecular flexibility index (Phi) is 3.15. The van der Waals surface area contributed by atoms with Gasteiger partial charge in [-0.2, -0.15) is 5.10 Å². The Labute approximate surface area is 106 Å².